The molecule has 1 atom stereocenters. The first kappa shape index (κ1) is 13.0. The molecule has 19 heavy (non-hydrogen) atoms. The lowest BCUT2D eigenvalue weighted by Crippen LogP contribution is -2.38. The molecular weight excluding hydrogens is 248 g/mol. The lowest BCUT2D eigenvalue weighted by molar-refractivity contribution is 0.148. The van der Waals surface area contributed by atoms with E-state index in [1.54, 1.807) is 0 Å². The lowest BCUT2D eigenvalue weighted by atomic mass is 9.80. The van der Waals surface area contributed by atoms with Crippen LogP contribution >= 0.6 is 0 Å². The monoisotopic (exact) mass is 267 g/mol. The van der Waals surface area contributed by atoms with E-state index in [1.165, 1.54) is 31.0 Å². The zero-order valence-electron chi connectivity index (χ0n) is 10.9. The molecule has 1 aliphatic heterocycles. The van der Waals surface area contributed by atoms with Gasteiger partial charge in [0.05, 0.1) is 6.61 Å². The molecule has 1 saturated carbocycles. The lowest BCUT2D eigenvalue weighted by Gasteiger charge is -2.28. The van der Waals surface area contributed by atoms with Crippen molar-refractivity contribution in [3.63, 3.8) is 0 Å². The summed E-state index contributed by atoms with van der Waals surface area (Å²) in [5.41, 5.74) is 0.0385. The second-order valence-electron chi connectivity index (χ2n) is 5.83. The number of nitrogens with one attached hydrogen (secondary N) is 1. The molecule has 0 bridgehead atoms. The van der Waals surface area contributed by atoms with Gasteiger partial charge in [-0.25, -0.2) is 8.78 Å². The molecule has 104 valence electrons. The minimum absolute atomic E-state index is 0.161. The van der Waals surface area contributed by atoms with Gasteiger partial charge in [0, 0.05) is 30.2 Å². The minimum atomic E-state index is -0.447. The highest BCUT2D eigenvalue weighted by molar-refractivity contribution is 5.22. The Bertz CT molecular complexity index is 433. The fraction of sp³-hybridized carbons (Fsp3) is 0.600. The van der Waals surface area contributed by atoms with Crippen LogP contribution in [0.5, 0.6) is 0 Å². The summed E-state index contributed by atoms with van der Waals surface area (Å²) in [5.74, 6) is -0.893. The molecule has 1 heterocycles. The zero-order valence-corrected chi connectivity index (χ0v) is 10.9. The maximum atomic E-state index is 13.8. The topological polar surface area (TPSA) is 21.3 Å². The van der Waals surface area contributed by atoms with Gasteiger partial charge >= 0.3 is 0 Å². The Hall–Kier alpha value is -1.00. The molecule has 0 spiro atoms. The van der Waals surface area contributed by atoms with Crippen LogP contribution in [0.2, 0.25) is 0 Å². The van der Waals surface area contributed by atoms with Crippen LogP contribution in [-0.2, 0) is 11.2 Å². The van der Waals surface area contributed by atoms with Crippen molar-refractivity contribution in [1.29, 1.82) is 0 Å². The normalized spacial score (nSPS) is 26.8. The van der Waals surface area contributed by atoms with Crippen LogP contribution in [-0.4, -0.2) is 25.8 Å². The van der Waals surface area contributed by atoms with Gasteiger partial charge in [-0.05, 0) is 37.8 Å². The summed E-state index contributed by atoms with van der Waals surface area (Å²) in [7, 11) is 0. The molecule has 1 aliphatic carbocycles. The summed E-state index contributed by atoms with van der Waals surface area (Å²) >= 11 is 0. The molecule has 4 heteroatoms. The van der Waals surface area contributed by atoms with Crippen LogP contribution in [0.15, 0.2) is 18.2 Å². The van der Waals surface area contributed by atoms with Gasteiger partial charge in [0.1, 0.15) is 11.6 Å². The van der Waals surface area contributed by atoms with E-state index in [2.05, 4.69) is 5.32 Å². The number of benzene rings is 1. The van der Waals surface area contributed by atoms with Gasteiger partial charge in [-0.1, -0.05) is 6.07 Å². The van der Waals surface area contributed by atoms with Gasteiger partial charge in [-0.2, -0.15) is 0 Å². The Kier molecular flexibility index (Phi) is 3.54. The molecule has 1 unspecified atom stereocenters. The summed E-state index contributed by atoms with van der Waals surface area (Å²) in [5, 5.41) is 3.47. The Morgan fingerprint density at radius 3 is 2.58 bits per heavy atom. The molecule has 1 N–H and O–H groups in total. The van der Waals surface area contributed by atoms with Gasteiger partial charge in [-0.3, -0.25) is 0 Å². The molecule has 0 aromatic heterocycles. The molecular formula is C15H19F2NO. The standard InChI is InChI=1S/C15H19F2NO/c16-13-2-1-3-14(17)12(13)8-15(6-7-19-10-15)9-18-11-4-5-11/h1-3,11,18H,4-10H2. The van der Waals surface area contributed by atoms with Gasteiger partial charge < -0.3 is 10.1 Å². The third-order valence-electron chi connectivity index (χ3n) is 4.14. The largest absolute Gasteiger partial charge is 0.381 e. The summed E-state index contributed by atoms with van der Waals surface area (Å²) < 4.78 is 33.0. The van der Waals surface area contributed by atoms with E-state index in [4.69, 9.17) is 4.74 Å². The average Bonchev–Trinajstić information content (AvgIpc) is 3.12. The second-order valence-corrected chi connectivity index (χ2v) is 5.83. The minimum Gasteiger partial charge on any atom is -0.381 e. The second kappa shape index (κ2) is 5.17. The van der Waals surface area contributed by atoms with E-state index < -0.39 is 11.6 Å². The van der Waals surface area contributed by atoms with Crippen molar-refractivity contribution in [2.45, 2.75) is 31.7 Å². The Morgan fingerprint density at radius 1 is 1.26 bits per heavy atom. The van der Waals surface area contributed by atoms with Crippen molar-refractivity contribution < 1.29 is 13.5 Å². The molecule has 0 radical (unpaired) electrons. The van der Waals surface area contributed by atoms with Crippen molar-refractivity contribution in [3.05, 3.63) is 35.4 Å². The van der Waals surface area contributed by atoms with Crippen LogP contribution in [0.25, 0.3) is 0 Å². The van der Waals surface area contributed by atoms with Gasteiger partial charge in [0.2, 0.25) is 0 Å². The number of ether oxygens (including phenoxy) is 1. The summed E-state index contributed by atoms with van der Waals surface area (Å²) in [4.78, 5) is 0. The predicted molar refractivity (Wildman–Crippen MR) is 69.0 cm³/mol. The van der Waals surface area contributed by atoms with Crippen molar-refractivity contribution >= 4 is 0 Å². The van der Waals surface area contributed by atoms with E-state index in [-0.39, 0.29) is 11.0 Å². The molecule has 2 fully saturated rings. The van der Waals surface area contributed by atoms with Crippen LogP contribution in [0.4, 0.5) is 8.78 Å². The van der Waals surface area contributed by atoms with E-state index in [0.29, 0.717) is 25.7 Å². The third-order valence-corrected chi connectivity index (χ3v) is 4.14. The van der Waals surface area contributed by atoms with E-state index >= 15 is 0 Å². The highest BCUT2D eigenvalue weighted by Gasteiger charge is 2.37. The fourth-order valence-corrected chi connectivity index (χ4v) is 2.72. The maximum Gasteiger partial charge on any atom is 0.129 e. The number of hydrogen-bond acceptors (Lipinski definition) is 2. The first-order valence-corrected chi connectivity index (χ1v) is 6.93. The van der Waals surface area contributed by atoms with Crippen molar-refractivity contribution in [3.8, 4) is 0 Å². The number of hydrogen-bond donors (Lipinski definition) is 1. The fourth-order valence-electron chi connectivity index (χ4n) is 2.72. The summed E-state index contributed by atoms with van der Waals surface area (Å²) in [6, 6.07) is 4.67. The molecule has 1 aromatic rings. The SMILES string of the molecule is Fc1cccc(F)c1CC1(CNC2CC2)CCOC1. The Morgan fingerprint density at radius 2 is 2.00 bits per heavy atom. The quantitative estimate of drug-likeness (QED) is 0.885. The van der Waals surface area contributed by atoms with Gasteiger partial charge in [0.25, 0.3) is 0 Å². The van der Waals surface area contributed by atoms with Crippen LogP contribution < -0.4 is 5.32 Å². The van der Waals surface area contributed by atoms with Gasteiger partial charge in [-0.15, -0.1) is 0 Å². The molecule has 2 aliphatic rings. The summed E-state index contributed by atoms with van der Waals surface area (Å²) in [6.07, 6.45) is 3.70. The highest BCUT2D eigenvalue weighted by Crippen LogP contribution is 2.34. The van der Waals surface area contributed by atoms with Crippen LogP contribution in [0.3, 0.4) is 0 Å². The van der Waals surface area contributed by atoms with Gasteiger partial charge in [0.15, 0.2) is 0 Å². The zero-order chi connectivity index (χ0) is 13.3. The van der Waals surface area contributed by atoms with Crippen LogP contribution in [0, 0.1) is 17.0 Å². The van der Waals surface area contributed by atoms with E-state index in [9.17, 15) is 8.78 Å². The van der Waals surface area contributed by atoms with Crippen LogP contribution in [0.1, 0.15) is 24.8 Å². The van der Waals surface area contributed by atoms with Crippen molar-refractivity contribution in [1.82, 2.24) is 5.32 Å². The Labute approximate surface area is 112 Å². The number of halogens is 2. The first-order chi connectivity index (χ1) is 9.19. The van der Waals surface area contributed by atoms with Crippen molar-refractivity contribution in [2.75, 3.05) is 19.8 Å². The van der Waals surface area contributed by atoms with E-state index in [0.717, 1.165) is 13.0 Å². The first-order valence-electron chi connectivity index (χ1n) is 6.93. The molecule has 1 saturated heterocycles. The average molecular weight is 267 g/mol. The summed E-state index contributed by atoms with van der Waals surface area (Å²) in [6.45, 7) is 2.05. The predicted octanol–water partition coefficient (Wildman–Crippen LogP) is 2.67. The van der Waals surface area contributed by atoms with Crippen molar-refractivity contribution in [2.24, 2.45) is 5.41 Å². The molecule has 1 aromatic carbocycles. The Balaban J connectivity index is 1.76. The molecule has 2 nitrogen and oxygen atoms in total. The number of rotatable bonds is 5. The highest BCUT2D eigenvalue weighted by atomic mass is 19.1. The van der Waals surface area contributed by atoms with E-state index in [1.807, 2.05) is 0 Å². The third kappa shape index (κ3) is 2.95. The maximum absolute atomic E-state index is 13.8. The molecule has 3 rings (SSSR count). The molecule has 0 amide bonds. The smallest absolute Gasteiger partial charge is 0.129 e.